The predicted molar refractivity (Wildman–Crippen MR) is 42.4 cm³/mol. The van der Waals surface area contributed by atoms with Crippen LogP contribution in [0.3, 0.4) is 0 Å². The Labute approximate surface area is 65.6 Å². The number of benzene rings is 1. The summed E-state index contributed by atoms with van der Waals surface area (Å²) in [7, 11) is -0.364. The van der Waals surface area contributed by atoms with E-state index in [1.807, 2.05) is 0 Å². The summed E-state index contributed by atoms with van der Waals surface area (Å²) in [6.07, 6.45) is 0. The van der Waals surface area contributed by atoms with Gasteiger partial charge in [-0.15, -0.1) is 0 Å². The minimum atomic E-state index is -0.364. The van der Waals surface area contributed by atoms with Gasteiger partial charge in [0.25, 0.3) is 0 Å². The van der Waals surface area contributed by atoms with Crippen molar-refractivity contribution in [3.05, 3.63) is 29.8 Å². The second kappa shape index (κ2) is 4.00. The van der Waals surface area contributed by atoms with Crippen LogP contribution in [0, 0.1) is 0 Å². The molecule has 0 amide bonds. The van der Waals surface area contributed by atoms with Crippen molar-refractivity contribution in [3.63, 3.8) is 0 Å². The molecule has 0 unspecified atom stereocenters. The van der Waals surface area contributed by atoms with E-state index in [4.69, 9.17) is 14.8 Å². The van der Waals surface area contributed by atoms with Crippen LogP contribution in [0.15, 0.2) is 24.3 Å². The summed E-state index contributed by atoms with van der Waals surface area (Å²) in [6.45, 7) is -0.0732. The molecule has 0 fully saturated rings. The van der Waals surface area contributed by atoms with Gasteiger partial charge in [-0.1, -0.05) is 18.2 Å². The monoisotopic (exact) mass is 152 g/mol. The number of para-hydroxylation sites is 1. The first-order valence-corrected chi connectivity index (χ1v) is 3.31. The van der Waals surface area contributed by atoms with Crippen LogP contribution < -0.4 is 4.65 Å². The van der Waals surface area contributed by atoms with Crippen molar-refractivity contribution in [1.82, 2.24) is 0 Å². The van der Waals surface area contributed by atoms with E-state index in [9.17, 15) is 0 Å². The van der Waals surface area contributed by atoms with E-state index >= 15 is 0 Å². The summed E-state index contributed by atoms with van der Waals surface area (Å²) in [5.74, 6) is 0.525. The molecule has 58 valence electrons. The molecule has 1 rings (SSSR count). The van der Waals surface area contributed by atoms with Gasteiger partial charge in [-0.2, -0.15) is 0 Å². The van der Waals surface area contributed by atoms with Gasteiger partial charge in [-0.05, 0) is 6.07 Å². The van der Waals surface area contributed by atoms with Crippen molar-refractivity contribution in [3.8, 4) is 5.75 Å². The van der Waals surface area contributed by atoms with Gasteiger partial charge < -0.3 is 14.8 Å². The molecule has 0 aliphatic carbocycles. The molecule has 4 heteroatoms. The largest absolute Gasteiger partial charge is 0.539 e. The van der Waals surface area contributed by atoms with Crippen LogP contribution >= 0.6 is 0 Å². The number of rotatable bonds is 3. The van der Waals surface area contributed by atoms with Gasteiger partial charge in [-0.25, -0.2) is 0 Å². The highest BCUT2D eigenvalue weighted by atomic mass is 16.5. The number of hydrogen-bond acceptors (Lipinski definition) is 3. The summed E-state index contributed by atoms with van der Waals surface area (Å²) >= 11 is 0. The minimum Gasteiger partial charge on any atom is -0.539 e. The molecule has 0 saturated carbocycles. The molecule has 3 nitrogen and oxygen atoms in total. The maximum atomic E-state index is 8.78. The molecule has 2 N–H and O–H groups in total. The van der Waals surface area contributed by atoms with Crippen molar-refractivity contribution in [1.29, 1.82) is 0 Å². The first-order chi connectivity index (χ1) is 5.38. The third-order valence-electron chi connectivity index (χ3n) is 1.36. The maximum Gasteiger partial charge on any atom is 0.504 e. The molecule has 0 atom stereocenters. The summed E-state index contributed by atoms with van der Waals surface area (Å²) in [6, 6.07) is 7.02. The average molecular weight is 152 g/mol. The Morgan fingerprint density at radius 3 is 2.73 bits per heavy atom. The lowest BCUT2D eigenvalue weighted by Gasteiger charge is -2.05. The fourth-order valence-corrected chi connectivity index (χ4v) is 0.845. The molecule has 0 aliphatic rings. The Bertz CT molecular complexity index is 227. The molecule has 11 heavy (non-hydrogen) atoms. The van der Waals surface area contributed by atoms with Crippen molar-refractivity contribution >= 4 is 7.69 Å². The van der Waals surface area contributed by atoms with E-state index in [0.29, 0.717) is 11.3 Å². The Kier molecular flexibility index (Phi) is 2.95. The molecule has 0 aromatic heterocycles. The summed E-state index contributed by atoms with van der Waals surface area (Å²) in [5, 5.41) is 17.2. The van der Waals surface area contributed by atoms with Crippen LogP contribution in [-0.2, 0) is 6.61 Å². The topological polar surface area (TPSA) is 49.7 Å². The highest BCUT2D eigenvalue weighted by molar-refractivity contribution is 6.17. The van der Waals surface area contributed by atoms with E-state index in [1.54, 1.807) is 24.3 Å². The second-order valence-electron chi connectivity index (χ2n) is 2.04. The third kappa shape index (κ3) is 1.96. The quantitative estimate of drug-likeness (QED) is 0.590. The minimum absolute atomic E-state index is 0.0732. The SMILES string of the molecule is OBOc1ccccc1CO. The van der Waals surface area contributed by atoms with Crippen LogP contribution in [0.1, 0.15) is 5.56 Å². The van der Waals surface area contributed by atoms with Crippen LogP contribution in [0.2, 0.25) is 0 Å². The van der Waals surface area contributed by atoms with Crippen LogP contribution in [-0.4, -0.2) is 17.8 Å². The van der Waals surface area contributed by atoms with Gasteiger partial charge in [0.2, 0.25) is 0 Å². The molecule has 0 heterocycles. The van der Waals surface area contributed by atoms with Gasteiger partial charge in [0.05, 0.1) is 6.61 Å². The fourth-order valence-electron chi connectivity index (χ4n) is 0.845. The highest BCUT2D eigenvalue weighted by Crippen LogP contribution is 2.16. The van der Waals surface area contributed by atoms with Gasteiger partial charge in [0, 0.05) is 5.56 Å². The molecule has 1 aromatic carbocycles. The van der Waals surface area contributed by atoms with Gasteiger partial charge in [-0.3, -0.25) is 0 Å². The Hall–Kier alpha value is -0.995. The number of aliphatic hydroxyl groups is 1. The summed E-state index contributed by atoms with van der Waals surface area (Å²) in [4.78, 5) is 0. The second-order valence-corrected chi connectivity index (χ2v) is 2.04. The molecule has 0 bridgehead atoms. The first-order valence-electron chi connectivity index (χ1n) is 3.31. The lowest BCUT2D eigenvalue weighted by molar-refractivity contribution is 0.277. The van der Waals surface area contributed by atoms with E-state index < -0.39 is 0 Å². The third-order valence-corrected chi connectivity index (χ3v) is 1.36. The molecular weight excluding hydrogens is 143 g/mol. The predicted octanol–water partition coefficient (Wildman–Crippen LogP) is -0.183. The summed E-state index contributed by atoms with van der Waals surface area (Å²) < 4.78 is 4.82. The Morgan fingerprint density at radius 2 is 2.09 bits per heavy atom. The maximum absolute atomic E-state index is 8.78. The van der Waals surface area contributed by atoms with Crippen LogP contribution in [0.25, 0.3) is 0 Å². The zero-order chi connectivity index (χ0) is 8.10. The van der Waals surface area contributed by atoms with Crippen LogP contribution in [0.4, 0.5) is 0 Å². The van der Waals surface area contributed by atoms with E-state index in [0.717, 1.165) is 0 Å². The van der Waals surface area contributed by atoms with Crippen LogP contribution in [0.5, 0.6) is 5.75 Å². The molecule has 0 saturated heterocycles. The number of aliphatic hydroxyl groups excluding tert-OH is 1. The van der Waals surface area contributed by atoms with E-state index in [2.05, 4.69) is 0 Å². The average Bonchev–Trinajstić information content (AvgIpc) is 2.06. The first kappa shape index (κ1) is 8.10. The fraction of sp³-hybridized carbons (Fsp3) is 0.143. The lowest BCUT2D eigenvalue weighted by Crippen LogP contribution is -2.02. The number of hydrogen-bond donors (Lipinski definition) is 2. The molecule has 0 radical (unpaired) electrons. The zero-order valence-electron chi connectivity index (χ0n) is 6.03. The van der Waals surface area contributed by atoms with E-state index in [1.165, 1.54) is 0 Å². The van der Waals surface area contributed by atoms with Crippen molar-refractivity contribution in [2.24, 2.45) is 0 Å². The Balaban J connectivity index is 2.83. The molecule has 0 spiro atoms. The zero-order valence-corrected chi connectivity index (χ0v) is 6.03. The smallest absolute Gasteiger partial charge is 0.504 e. The van der Waals surface area contributed by atoms with Gasteiger partial charge in [0.15, 0.2) is 0 Å². The standard InChI is InChI=1S/C7H9BO3/c9-5-6-3-1-2-4-7(6)11-8-10/h1-4,8-10H,5H2. The summed E-state index contributed by atoms with van der Waals surface area (Å²) in [5.41, 5.74) is 0.682. The lowest BCUT2D eigenvalue weighted by atomic mass is 10.2. The van der Waals surface area contributed by atoms with Crippen molar-refractivity contribution in [2.45, 2.75) is 6.61 Å². The Morgan fingerprint density at radius 1 is 1.36 bits per heavy atom. The van der Waals surface area contributed by atoms with Gasteiger partial charge >= 0.3 is 7.69 Å². The van der Waals surface area contributed by atoms with Gasteiger partial charge in [0.1, 0.15) is 5.75 Å². The van der Waals surface area contributed by atoms with Crippen molar-refractivity contribution < 1.29 is 14.8 Å². The molecule has 1 aromatic rings. The highest BCUT2D eigenvalue weighted by Gasteiger charge is 1.99. The van der Waals surface area contributed by atoms with Crippen molar-refractivity contribution in [2.75, 3.05) is 0 Å². The van der Waals surface area contributed by atoms with E-state index in [-0.39, 0.29) is 14.3 Å². The molecular formula is C7H9BO3. The molecule has 0 aliphatic heterocycles. The normalized spacial score (nSPS) is 9.27.